The second-order valence-electron chi connectivity index (χ2n) is 6.12. The van der Waals surface area contributed by atoms with Crippen molar-refractivity contribution < 1.29 is 43.8 Å². The van der Waals surface area contributed by atoms with Crippen molar-refractivity contribution in [3.05, 3.63) is 0 Å². The Kier molecular flexibility index (Phi) is 11.1. The van der Waals surface area contributed by atoms with Crippen LogP contribution in [0.2, 0.25) is 0 Å². The lowest BCUT2D eigenvalue weighted by Crippen LogP contribution is -2.54. The number of aliphatic carboxylic acids is 2. The Balaban J connectivity index is 4.87. The quantitative estimate of drug-likeness (QED) is 0.129. The van der Waals surface area contributed by atoms with E-state index in [-0.39, 0.29) is 12.8 Å². The summed E-state index contributed by atoms with van der Waals surface area (Å²) >= 11 is 0. The number of carboxylic acids is 2. The van der Waals surface area contributed by atoms with E-state index in [0.717, 1.165) is 0 Å². The van der Waals surface area contributed by atoms with Gasteiger partial charge in [0.05, 0.1) is 25.4 Å². The summed E-state index contributed by atoms with van der Waals surface area (Å²) in [5.74, 6) is -7.64. The number of carbonyl (C=O) groups excluding carboxylic acids is 5. The zero-order chi connectivity index (χ0) is 23.4. The van der Waals surface area contributed by atoms with Crippen molar-refractivity contribution in [1.29, 1.82) is 0 Å². The highest BCUT2D eigenvalue weighted by atomic mass is 16.4. The molecule has 5 amide bonds. The van der Waals surface area contributed by atoms with Crippen LogP contribution in [0.5, 0.6) is 0 Å². The van der Waals surface area contributed by atoms with E-state index < -0.39 is 79.0 Å². The standard InChI is InChI=1S/C15H24N6O9/c16-6(1-2-9(17)22)13(27)21-7(3-10(18)23)14(28)19-5-11(24)20-8(15(29)30)4-12(25)26/h6-8H,1-5,16H2,(H2,17,22)(H2,18,23)(H,19,28)(H,20,24)(H,21,27)(H,25,26)(H,29,30). The number of hydrogen-bond acceptors (Lipinski definition) is 8. The van der Waals surface area contributed by atoms with E-state index in [0.29, 0.717) is 0 Å². The number of nitrogens with two attached hydrogens (primary N) is 3. The van der Waals surface area contributed by atoms with Crippen molar-refractivity contribution in [2.45, 2.75) is 43.8 Å². The first-order chi connectivity index (χ1) is 13.8. The summed E-state index contributed by atoms with van der Waals surface area (Å²) in [6.07, 6.45) is -1.84. The van der Waals surface area contributed by atoms with Gasteiger partial charge in [-0.2, -0.15) is 0 Å². The Morgan fingerprint density at radius 1 is 0.800 bits per heavy atom. The maximum Gasteiger partial charge on any atom is 0.326 e. The molecule has 0 aromatic carbocycles. The largest absolute Gasteiger partial charge is 0.481 e. The molecule has 0 bridgehead atoms. The molecular weight excluding hydrogens is 408 g/mol. The number of hydrogen-bond donors (Lipinski definition) is 8. The Hall–Kier alpha value is -3.75. The normalized spacial score (nSPS) is 13.2. The summed E-state index contributed by atoms with van der Waals surface area (Å²) in [5.41, 5.74) is 15.5. The molecule has 0 rings (SSSR count). The third kappa shape index (κ3) is 11.2. The molecule has 15 nitrogen and oxygen atoms in total. The van der Waals surface area contributed by atoms with Crippen LogP contribution in [-0.2, 0) is 33.6 Å². The van der Waals surface area contributed by atoms with E-state index in [1.165, 1.54) is 0 Å². The van der Waals surface area contributed by atoms with Gasteiger partial charge in [-0.25, -0.2) is 4.79 Å². The fraction of sp³-hybridized carbons (Fsp3) is 0.533. The smallest absolute Gasteiger partial charge is 0.326 e. The lowest BCUT2D eigenvalue weighted by Gasteiger charge is -2.20. The molecule has 30 heavy (non-hydrogen) atoms. The highest BCUT2D eigenvalue weighted by Crippen LogP contribution is 1.98. The molecule has 11 N–H and O–H groups in total. The van der Waals surface area contributed by atoms with Gasteiger partial charge in [0.2, 0.25) is 29.5 Å². The first-order valence-electron chi connectivity index (χ1n) is 8.47. The molecule has 3 atom stereocenters. The van der Waals surface area contributed by atoms with Gasteiger partial charge in [-0.15, -0.1) is 0 Å². The molecule has 0 aliphatic rings. The predicted octanol–water partition coefficient (Wildman–Crippen LogP) is -4.90. The maximum absolute atomic E-state index is 12.2. The van der Waals surface area contributed by atoms with Crippen LogP contribution in [0.1, 0.15) is 25.7 Å². The van der Waals surface area contributed by atoms with Crippen LogP contribution >= 0.6 is 0 Å². The van der Waals surface area contributed by atoms with Crippen LogP contribution in [0.3, 0.4) is 0 Å². The van der Waals surface area contributed by atoms with Gasteiger partial charge in [0, 0.05) is 6.42 Å². The molecule has 0 aromatic rings. The highest BCUT2D eigenvalue weighted by Gasteiger charge is 2.27. The highest BCUT2D eigenvalue weighted by molar-refractivity contribution is 5.95. The molecule has 0 saturated carbocycles. The molecule has 0 aliphatic carbocycles. The van der Waals surface area contributed by atoms with Gasteiger partial charge in [-0.05, 0) is 6.42 Å². The summed E-state index contributed by atoms with van der Waals surface area (Å²) in [6.45, 7) is -0.777. The van der Waals surface area contributed by atoms with Gasteiger partial charge >= 0.3 is 11.9 Å². The van der Waals surface area contributed by atoms with Crippen molar-refractivity contribution in [1.82, 2.24) is 16.0 Å². The van der Waals surface area contributed by atoms with E-state index in [1.54, 1.807) is 0 Å². The Labute approximate surface area is 169 Å². The molecule has 3 unspecified atom stereocenters. The first-order valence-corrected chi connectivity index (χ1v) is 8.47. The van der Waals surface area contributed by atoms with E-state index in [9.17, 15) is 33.6 Å². The van der Waals surface area contributed by atoms with Crippen molar-refractivity contribution >= 4 is 41.5 Å². The van der Waals surface area contributed by atoms with Crippen LogP contribution in [-0.4, -0.2) is 76.4 Å². The van der Waals surface area contributed by atoms with Gasteiger partial charge < -0.3 is 43.4 Å². The third-order valence-electron chi connectivity index (χ3n) is 3.51. The number of rotatable bonds is 14. The number of carbonyl (C=O) groups is 7. The predicted molar refractivity (Wildman–Crippen MR) is 97.0 cm³/mol. The SMILES string of the molecule is NC(=O)CCC(N)C(=O)NC(CC(N)=O)C(=O)NCC(=O)NC(CC(=O)O)C(=O)O. The van der Waals surface area contributed by atoms with Crippen molar-refractivity contribution in [2.24, 2.45) is 17.2 Å². The van der Waals surface area contributed by atoms with Crippen LogP contribution in [0.25, 0.3) is 0 Å². The summed E-state index contributed by atoms with van der Waals surface area (Å²) in [5, 5.41) is 23.6. The Morgan fingerprint density at radius 2 is 1.40 bits per heavy atom. The average Bonchev–Trinajstić information content (AvgIpc) is 2.61. The molecule has 0 saturated heterocycles. The molecule has 0 aromatic heterocycles. The van der Waals surface area contributed by atoms with Crippen LogP contribution in [0, 0.1) is 0 Å². The topological polar surface area (TPSA) is 274 Å². The van der Waals surface area contributed by atoms with Crippen LogP contribution in [0.15, 0.2) is 0 Å². The fourth-order valence-electron chi connectivity index (χ4n) is 2.03. The lowest BCUT2D eigenvalue weighted by atomic mass is 10.1. The second-order valence-corrected chi connectivity index (χ2v) is 6.12. The van der Waals surface area contributed by atoms with Gasteiger partial charge in [0.1, 0.15) is 12.1 Å². The number of carboxylic acid groups (broad SMARTS) is 2. The molecule has 0 radical (unpaired) electrons. The summed E-state index contributed by atoms with van der Waals surface area (Å²) in [7, 11) is 0. The van der Waals surface area contributed by atoms with Gasteiger partial charge in [-0.1, -0.05) is 0 Å². The second kappa shape index (κ2) is 12.7. The van der Waals surface area contributed by atoms with Gasteiger partial charge in [0.25, 0.3) is 0 Å². The van der Waals surface area contributed by atoms with E-state index in [4.69, 9.17) is 27.4 Å². The Bertz CT molecular complexity index is 711. The molecule has 0 aliphatic heterocycles. The first kappa shape index (κ1) is 26.2. The Morgan fingerprint density at radius 3 is 1.87 bits per heavy atom. The van der Waals surface area contributed by atoms with E-state index in [2.05, 4.69) is 10.6 Å². The van der Waals surface area contributed by atoms with Crippen LogP contribution in [0.4, 0.5) is 0 Å². The summed E-state index contributed by atoms with van der Waals surface area (Å²) in [6, 6.07) is -4.44. The molecular formula is C15H24N6O9. The van der Waals surface area contributed by atoms with Crippen molar-refractivity contribution in [2.75, 3.05) is 6.54 Å². The minimum absolute atomic E-state index is 0.116. The molecule has 0 fully saturated rings. The van der Waals surface area contributed by atoms with Crippen LogP contribution < -0.4 is 33.2 Å². The molecule has 168 valence electrons. The molecule has 0 spiro atoms. The maximum atomic E-state index is 12.2. The third-order valence-corrected chi connectivity index (χ3v) is 3.51. The molecule has 15 heteroatoms. The zero-order valence-corrected chi connectivity index (χ0v) is 15.8. The number of amides is 5. The number of nitrogens with one attached hydrogen (secondary N) is 3. The summed E-state index contributed by atoms with van der Waals surface area (Å²) in [4.78, 5) is 79.3. The monoisotopic (exact) mass is 432 g/mol. The molecule has 0 heterocycles. The zero-order valence-electron chi connectivity index (χ0n) is 15.8. The van der Waals surface area contributed by atoms with Crippen molar-refractivity contribution in [3.63, 3.8) is 0 Å². The van der Waals surface area contributed by atoms with Crippen molar-refractivity contribution in [3.8, 4) is 0 Å². The summed E-state index contributed by atoms with van der Waals surface area (Å²) < 4.78 is 0. The van der Waals surface area contributed by atoms with E-state index >= 15 is 0 Å². The number of primary amides is 2. The fourth-order valence-corrected chi connectivity index (χ4v) is 2.03. The minimum Gasteiger partial charge on any atom is -0.481 e. The van der Waals surface area contributed by atoms with Gasteiger partial charge in [-0.3, -0.25) is 28.8 Å². The van der Waals surface area contributed by atoms with E-state index in [1.807, 2.05) is 5.32 Å². The average molecular weight is 432 g/mol. The lowest BCUT2D eigenvalue weighted by molar-refractivity contribution is -0.147. The minimum atomic E-state index is -1.73. The van der Waals surface area contributed by atoms with Gasteiger partial charge in [0.15, 0.2) is 0 Å².